The van der Waals surface area contributed by atoms with Crippen LogP contribution in [-0.4, -0.2) is 19.7 Å². The van der Waals surface area contributed by atoms with Crippen molar-refractivity contribution < 1.29 is 4.39 Å². The number of nitrogens with zero attached hydrogens (tertiary/aromatic N) is 3. The molecule has 0 amide bonds. The highest BCUT2D eigenvalue weighted by molar-refractivity contribution is 9.10. The number of halogens is 2. The van der Waals surface area contributed by atoms with Crippen LogP contribution in [0.5, 0.6) is 0 Å². The molecule has 18 heavy (non-hydrogen) atoms. The second kappa shape index (κ2) is 4.02. The maximum absolute atomic E-state index is 13.4. The Labute approximate surface area is 108 Å². The summed E-state index contributed by atoms with van der Waals surface area (Å²) in [6.45, 7) is 0. The molecule has 0 atom stereocenters. The van der Waals surface area contributed by atoms with Crippen molar-refractivity contribution in [3.63, 3.8) is 0 Å². The van der Waals surface area contributed by atoms with Gasteiger partial charge in [0.1, 0.15) is 5.82 Å². The van der Waals surface area contributed by atoms with E-state index in [9.17, 15) is 9.18 Å². The molecule has 90 valence electrons. The first-order valence-electron chi connectivity index (χ1n) is 5.04. The van der Waals surface area contributed by atoms with Gasteiger partial charge >= 0.3 is 0 Å². The highest BCUT2D eigenvalue weighted by Crippen LogP contribution is 2.20. The van der Waals surface area contributed by atoms with Gasteiger partial charge in [-0.1, -0.05) is 0 Å². The third kappa shape index (κ3) is 1.72. The minimum Gasteiger partial charge on any atom is -0.290 e. The molecule has 0 fully saturated rings. The molecule has 0 radical (unpaired) electrons. The average Bonchev–Trinajstić information content (AvgIpc) is 2.85. The van der Waals surface area contributed by atoms with E-state index in [1.54, 1.807) is 18.5 Å². The average molecular weight is 309 g/mol. The SMILES string of the molecule is O=c1[nH]c(-n2cccn2)nc2cc(F)c(Br)cc12. The van der Waals surface area contributed by atoms with Gasteiger partial charge in [-0.05, 0) is 28.1 Å². The zero-order valence-corrected chi connectivity index (χ0v) is 10.5. The number of rotatable bonds is 1. The summed E-state index contributed by atoms with van der Waals surface area (Å²) in [6, 6.07) is 4.32. The monoisotopic (exact) mass is 308 g/mol. The Bertz CT molecular complexity index is 782. The van der Waals surface area contributed by atoms with E-state index < -0.39 is 5.82 Å². The smallest absolute Gasteiger partial charge is 0.260 e. The van der Waals surface area contributed by atoms with Gasteiger partial charge in [-0.2, -0.15) is 5.10 Å². The second-order valence-corrected chi connectivity index (χ2v) is 4.48. The molecule has 2 heterocycles. The lowest BCUT2D eigenvalue weighted by Gasteiger charge is -2.03. The number of H-pyrrole nitrogens is 1. The molecule has 5 nitrogen and oxygen atoms in total. The Morgan fingerprint density at radius 1 is 1.39 bits per heavy atom. The normalized spacial score (nSPS) is 11.0. The van der Waals surface area contributed by atoms with E-state index in [4.69, 9.17) is 0 Å². The van der Waals surface area contributed by atoms with Crippen LogP contribution >= 0.6 is 15.9 Å². The lowest BCUT2D eigenvalue weighted by Crippen LogP contribution is -2.14. The quantitative estimate of drug-likeness (QED) is 0.748. The molecule has 1 N–H and O–H groups in total. The second-order valence-electron chi connectivity index (χ2n) is 3.62. The number of benzene rings is 1. The molecule has 3 aromatic rings. The third-order valence-electron chi connectivity index (χ3n) is 2.46. The standard InChI is InChI=1S/C11H6BrFN4O/c12-7-4-6-9(5-8(7)13)15-11(16-10(6)18)17-3-1-2-14-17/h1-5H,(H,15,16,18). The number of hydrogen-bond donors (Lipinski definition) is 1. The van der Waals surface area contributed by atoms with Crippen molar-refractivity contribution in [2.24, 2.45) is 0 Å². The van der Waals surface area contributed by atoms with Crippen LogP contribution in [0.2, 0.25) is 0 Å². The lowest BCUT2D eigenvalue weighted by atomic mass is 10.2. The first-order chi connectivity index (χ1) is 8.65. The molecule has 0 aliphatic rings. The Morgan fingerprint density at radius 2 is 2.22 bits per heavy atom. The van der Waals surface area contributed by atoms with Gasteiger partial charge in [0, 0.05) is 18.5 Å². The summed E-state index contributed by atoms with van der Waals surface area (Å²) in [7, 11) is 0. The van der Waals surface area contributed by atoms with Crippen molar-refractivity contribution in [1.82, 2.24) is 19.7 Å². The minimum absolute atomic E-state index is 0.231. The van der Waals surface area contributed by atoms with E-state index in [1.807, 2.05) is 0 Å². The van der Waals surface area contributed by atoms with Crippen molar-refractivity contribution in [3.05, 3.63) is 51.2 Å². The number of nitrogens with one attached hydrogen (secondary N) is 1. The van der Waals surface area contributed by atoms with Crippen LogP contribution in [0.1, 0.15) is 0 Å². The molecule has 0 aliphatic heterocycles. The summed E-state index contributed by atoms with van der Waals surface area (Å²) in [5.41, 5.74) is -0.0591. The molecule has 1 aromatic carbocycles. The number of aromatic nitrogens is 4. The molecule has 0 unspecified atom stereocenters. The molecular weight excluding hydrogens is 303 g/mol. The fourth-order valence-corrected chi connectivity index (χ4v) is 1.97. The first kappa shape index (κ1) is 11.1. The fraction of sp³-hybridized carbons (Fsp3) is 0. The minimum atomic E-state index is -0.466. The molecule has 0 spiro atoms. The lowest BCUT2D eigenvalue weighted by molar-refractivity contribution is 0.622. The van der Waals surface area contributed by atoms with Crippen molar-refractivity contribution in [1.29, 1.82) is 0 Å². The van der Waals surface area contributed by atoms with E-state index >= 15 is 0 Å². The Balaban J connectivity index is 2.34. The molecule has 3 rings (SSSR count). The molecule has 0 aliphatic carbocycles. The van der Waals surface area contributed by atoms with E-state index in [0.717, 1.165) is 0 Å². The number of aromatic amines is 1. The van der Waals surface area contributed by atoms with Crippen LogP contribution in [0.15, 0.2) is 39.9 Å². The Kier molecular flexibility index (Phi) is 2.48. The Morgan fingerprint density at radius 3 is 2.94 bits per heavy atom. The van der Waals surface area contributed by atoms with Crippen LogP contribution < -0.4 is 5.56 Å². The van der Waals surface area contributed by atoms with E-state index in [0.29, 0.717) is 5.39 Å². The topological polar surface area (TPSA) is 63.6 Å². The predicted octanol–water partition coefficient (Wildman–Crippen LogP) is 2.01. The maximum Gasteiger partial charge on any atom is 0.260 e. The largest absolute Gasteiger partial charge is 0.290 e. The zero-order valence-electron chi connectivity index (χ0n) is 8.89. The number of hydrogen-bond acceptors (Lipinski definition) is 3. The van der Waals surface area contributed by atoms with Crippen molar-refractivity contribution >= 4 is 26.8 Å². The van der Waals surface area contributed by atoms with Gasteiger partial charge in [0.2, 0.25) is 5.95 Å². The van der Waals surface area contributed by atoms with Crippen LogP contribution in [0.25, 0.3) is 16.9 Å². The van der Waals surface area contributed by atoms with Gasteiger partial charge in [0.05, 0.1) is 15.4 Å². The van der Waals surface area contributed by atoms with Gasteiger partial charge in [-0.15, -0.1) is 0 Å². The first-order valence-corrected chi connectivity index (χ1v) is 5.83. The van der Waals surface area contributed by atoms with Gasteiger partial charge in [-0.25, -0.2) is 14.1 Å². The fourth-order valence-electron chi connectivity index (χ4n) is 1.62. The van der Waals surface area contributed by atoms with E-state index in [2.05, 4.69) is 31.0 Å². The summed E-state index contributed by atoms with van der Waals surface area (Å²) >= 11 is 3.03. The highest BCUT2D eigenvalue weighted by atomic mass is 79.9. The molecule has 0 saturated heterocycles. The van der Waals surface area contributed by atoms with Crippen molar-refractivity contribution in [2.45, 2.75) is 0 Å². The van der Waals surface area contributed by atoms with Crippen LogP contribution in [-0.2, 0) is 0 Å². The zero-order chi connectivity index (χ0) is 12.7. The van der Waals surface area contributed by atoms with Gasteiger partial charge < -0.3 is 0 Å². The van der Waals surface area contributed by atoms with E-state index in [-0.39, 0.29) is 21.5 Å². The summed E-state index contributed by atoms with van der Waals surface area (Å²) < 4.78 is 15.1. The van der Waals surface area contributed by atoms with Crippen LogP contribution in [0.3, 0.4) is 0 Å². The van der Waals surface area contributed by atoms with E-state index in [1.165, 1.54) is 16.8 Å². The summed E-state index contributed by atoms with van der Waals surface area (Å²) in [4.78, 5) is 18.6. The molecular formula is C11H6BrFN4O. The molecule has 0 bridgehead atoms. The van der Waals surface area contributed by atoms with Gasteiger partial charge in [0.15, 0.2) is 0 Å². The summed E-state index contributed by atoms with van der Waals surface area (Å²) in [5, 5.41) is 4.27. The Hall–Kier alpha value is -2.02. The van der Waals surface area contributed by atoms with Crippen LogP contribution in [0, 0.1) is 5.82 Å². The van der Waals surface area contributed by atoms with Gasteiger partial charge in [0.25, 0.3) is 5.56 Å². The predicted molar refractivity (Wildman–Crippen MR) is 67.1 cm³/mol. The molecule has 2 aromatic heterocycles. The van der Waals surface area contributed by atoms with Crippen molar-refractivity contribution in [3.8, 4) is 5.95 Å². The summed E-state index contributed by atoms with van der Waals surface area (Å²) in [6.07, 6.45) is 3.20. The highest BCUT2D eigenvalue weighted by Gasteiger charge is 2.09. The molecule has 7 heteroatoms. The van der Waals surface area contributed by atoms with Crippen molar-refractivity contribution in [2.75, 3.05) is 0 Å². The maximum atomic E-state index is 13.4. The third-order valence-corrected chi connectivity index (χ3v) is 3.06. The molecule has 0 saturated carbocycles. The number of fused-ring (bicyclic) bond motifs is 1. The van der Waals surface area contributed by atoms with Crippen LogP contribution in [0.4, 0.5) is 4.39 Å². The summed E-state index contributed by atoms with van der Waals surface area (Å²) in [5.74, 6) is -0.216. The van der Waals surface area contributed by atoms with Gasteiger partial charge in [-0.3, -0.25) is 9.78 Å².